The molecule has 7 nitrogen and oxygen atoms in total. The van der Waals surface area contributed by atoms with E-state index in [0.717, 1.165) is 11.1 Å². The predicted molar refractivity (Wildman–Crippen MR) is 95.1 cm³/mol. The van der Waals surface area contributed by atoms with Gasteiger partial charge in [-0.15, -0.1) is 5.10 Å². The molecular weight excluding hydrogens is 318 g/mol. The molecule has 0 fully saturated rings. The summed E-state index contributed by atoms with van der Waals surface area (Å²) in [6.45, 7) is 1.91. The van der Waals surface area contributed by atoms with Gasteiger partial charge in [0.15, 0.2) is 5.82 Å². The van der Waals surface area contributed by atoms with E-state index in [4.69, 9.17) is 0 Å². The van der Waals surface area contributed by atoms with Crippen LogP contribution in [0.4, 0.5) is 5.69 Å². The molecule has 1 amide bonds. The average molecular weight is 337 g/mol. The van der Waals surface area contributed by atoms with E-state index in [1.54, 1.807) is 25.4 Å². The molecule has 0 radical (unpaired) electrons. The van der Waals surface area contributed by atoms with Gasteiger partial charge in [-0.2, -0.15) is 0 Å². The third kappa shape index (κ3) is 3.65. The lowest BCUT2D eigenvalue weighted by molar-refractivity contribution is -0.117. The second-order valence-corrected chi connectivity index (χ2v) is 5.64. The highest BCUT2D eigenvalue weighted by Crippen LogP contribution is 2.11. The average Bonchev–Trinajstić information content (AvgIpc) is 2.91. The molecule has 1 N–H and O–H groups in total. The van der Waals surface area contributed by atoms with Crippen LogP contribution in [0, 0.1) is 0 Å². The van der Waals surface area contributed by atoms with Gasteiger partial charge in [0, 0.05) is 18.9 Å². The zero-order valence-corrected chi connectivity index (χ0v) is 14.1. The number of aromatic nitrogens is 4. The van der Waals surface area contributed by atoms with Gasteiger partial charge < -0.3 is 5.32 Å². The zero-order valence-electron chi connectivity index (χ0n) is 14.1. The molecule has 7 heteroatoms. The minimum absolute atomic E-state index is 0.158. The van der Waals surface area contributed by atoms with E-state index >= 15 is 0 Å². The number of aryl methyl sites for hydroxylation is 1. The smallest absolute Gasteiger partial charge is 0.324 e. The SMILES string of the molecule is CCc1ccc(NC(=O)Cn2nc(-c3ccccn3)n(C)c2=O)cc1. The lowest BCUT2D eigenvalue weighted by Crippen LogP contribution is -2.29. The lowest BCUT2D eigenvalue weighted by Gasteiger charge is -2.05. The molecule has 1 aromatic carbocycles. The number of nitrogens with zero attached hydrogens (tertiary/aromatic N) is 4. The highest BCUT2D eigenvalue weighted by molar-refractivity contribution is 5.90. The van der Waals surface area contributed by atoms with Crippen molar-refractivity contribution in [3.63, 3.8) is 0 Å². The van der Waals surface area contributed by atoms with Crippen molar-refractivity contribution in [1.29, 1.82) is 0 Å². The fourth-order valence-electron chi connectivity index (χ4n) is 2.47. The first kappa shape index (κ1) is 16.6. The zero-order chi connectivity index (χ0) is 17.8. The number of hydrogen-bond donors (Lipinski definition) is 1. The van der Waals surface area contributed by atoms with Crippen molar-refractivity contribution < 1.29 is 4.79 Å². The third-order valence-corrected chi connectivity index (χ3v) is 3.87. The van der Waals surface area contributed by atoms with Gasteiger partial charge in [0.1, 0.15) is 12.2 Å². The summed E-state index contributed by atoms with van der Waals surface area (Å²) < 4.78 is 2.52. The Morgan fingerprint density at radius 3 is 2.56 bits per heavy atom. The van der Waals surface area contributed by atoms with Crippen LogP contribution in [0.2, 0.25) is 0 Å². The van der Waals surface area contributed by atoms with Crippen LogP contribution in [-0.4, -0.2) is 25.2 Å². The number of anilines is 1. The largest absolute Gasteiger partial charge is 0.346 e. The molecule has 0 spiro atoms. The number of rotatable bonds is 5. The number of hydrogen-bond acceptors (Lipinski definition) is 4. The van der Waals surface area contributed by atoms with Crippen molar-refractivity contribution in [3.8, 4) is 11.5 Å². The van der Waals surface area contributed by atoms with Crippen molar-refractivity contribution in [2.75, 3.05) is 5.32 Å². The van der Waals surface area contributed by atoms with Gasteiger partial charge in [-0.3, -0.25) is 14.3 Å². The number of benzene rings is 1. The quantitative estimate of drug-likeness (QED) is 0.770. The normalized spacial score (nSPS) is 10.6. The van der Waals surface area contributed by atoms with Gasteiger partial charge in [0.25, 0.3) is 0 Å². The monoisotopic (exact) mass is 337 g/mol. The van der Waals surface area contributed by atoms with E-state index < -0.39 is 0 Å². The lowest BCUT2D eigenvalue weighted by atomic mass is 10.1. The highest BCUT2D eigenvalue weighted by atomic mass is 16.2. The van der Waals surface area contributed by atoms with Crippen LogP contribution in [0.15, 0.2) is 53.5 Å². The predicted octanol–water partition coefficient (Wildman–Crippen LogP) is 1.84. The molecule has 0 aliphatic heterocycles. The van der Waals surface area contributed by atoms with Crippen LogP contribution in [0.25, 0.3) is 11.5 Å². The molecule has 0 atom stereocenters. The van der Waals surface area contributed by atoms with Crippen LogP contribution < -0.4 is 11.0 Å². The summed E-state index contributed by atoms with van der Waals surface area (Å²) in [7, 11) is 1.61. The molecule has 0 aliphatic carbocycles. The summed E-state index contributed by atoms with van der Waals surface area (Å²) in [6, 6.07) is 13.0. The van der Waals surface area contributed by atoms with Crippen molar-refractivity contribution in [2.24, 2.45) is 7.05 Å². The summed E-state index contributed by atoms with van der Waals surface area (Å²) in [4.78, 5) is 28.7. The second-order valence-electron chi connectivity index (χ2n) is 5.64. The molecule has 0 aliphatic rings. The molecule has 2 aromatic heterocycles. The standard InChI is InChI=1S/C18H19N5O2/c1-3-13-7-9-14(10-8-13)20-16(24)12-23-18(25)22(2)17(21-23)15-6-4-5-11-19-15/h4-11H,3,12H2,1-2H3,(H,20,24). The first-order valence-electron chi connectivity index (χ1n) is 8.02. The fourth-order valence-corrected chi connectivity index (χ4v) is 2.47. The fraction of sp³-hybridized carbons (Fsp3) is 0.222. The number of nitrogens with one attached hydrogen (secondary N) is 1. The van der Waals surface area contributed by atoms with Crippen LogP contribution in [-0.2, 0) is 24.8 Å². The molecule has 0 saturated carbocycles. The summed E-state index contributed by atoms with van der Waals surface area (Å²) in [6.07, 6.45) is 2.57. The van der Waals surface area contributed by atoms with E-state index in [-0.39, 0.29) is 18.1 Å². The summed E-state index contributed by atoms with van der Waals surface area (Å²) >= 11 is 0. The molecule has 2 heterocycles. The maximum absolute atomic E-state index is 12.3. The van der Waals surface area contributed by atoms with E-state index in [2.05, 4.69) is 22.3 Å². The number of carbonyl (C=O) groups excluding carboxylic acids is 1. The molecule has 0 unspecified atom stereocenters. The summed E-state index contributed by atoms with van der Waals surface area (Å²) in [5.41, 5.74) is 2.10. The van der Waals surface area contributed by atoms with Gasteiger partial charge in [0.2, 0.25) is 5.91 Å². The number of amides is 1. The second kappa shape index (κ2) is 7.12. The van der Waals surface area contributed by atoms with Crippen molar-refractivity contribution in [2.45, 2.75) is 19.9 Å². The summed E-state index contributed by atoms with van der Waals surface area (Å²) in [5.74, 6) is 0.114. The van der Waals surface area contributed by atoms with E-state index in [1.807, 2.05) is 30.3 Å². The van der Waals surface area contributed by atoms with Crippen LogP contribution >= 0.6 is 0 Å². The number of carbonyl (C=O) groups is 1. The van der Waals surface area contributed by atoms with Gasteiger partial charge in [-0.25, -0.2) is 9.48 Å². The first-order chi connectivity index (χ1) is 12.1. The molecule has 3 rings (SSSR count). The van der Waals surface area contributed by atoms with E-state index in [0.29, 0.717) is 17.2 Å². The van der Waals surface area contributed by atoms with E-state index in [9.17, 15) is 9.59 Å². The Kier molecular flexibility index (Phi) is 4.74. The highest BCUT2D eigenvalue weighted by Gasteiger charge is 2.15. The maximum atomic E-state index is 12.3. The Morgan fingerprint density at radius 1 is 1.16 bits per heavy atom. The van der Waals surface area contributed by atoms with Crippen LogP contribution in [0.1, 0.15) is 12.5 Å². The van der Waals surface area contributed by atoms with Crippen LogP contribution in [0.5, 0.6) is 0 Å². The minimum Gasteiger partial charge on any atom is -0.324 e. The molecule has 0 saturated heterocycles. The third-order valence-electron chi connectivity index (χ3n) is 3.87. The maximum Gasteiger partial charge on any atom is 0.346 e. The Labute approximate surface area is 144 Å². The van der Waals surface area contributed by atoms with Gasteiger partial charge in [0.05, 0.1) is 0 Å². The molecular formula is C18H19N5O2. The van der Waals surface area contributed by atoms with Crippen LogP contribution in [0.3, 0.4) is 0 Å². The van der Waals surface area contributed by atoms with Crippen molar-refractivity contribution in [3.05, 3.63) is 64.7 Å². The van der Waals surface area contributed by atoms with Crippen molar-refractivity contribution in [1.82, 2.24) is 19.3 Å². The summed E-state index contributed by atoms with van der Waals surface area (Å²) in [5, 5.41) is 7.01. The van der Waals surface area contributed by atoms with Gasteiger partial charge in [-0.1, -0.05) is 25.1 Å². The Hall–Kier alpha value is -3.22. The number of pyridine rings is 1. The van der Waals surface area contributed by atoms with Gasteiger partial charge >= 0.3 is 5.69 Å². The molecule has 0 bridgehead atoms. The molecule has 25 heavy (non-hydrogen) atoms. The topological polar surface area (TPSA) is 81.8 Å². The Bertz CT molecular complexity index is 926. The Balaban J connectivity index is 1.76. The minimum atomic E-state index is -0.364. The van der Waals surface area contributed by atoms with E-state index in [1.165, 1.54) is 10.1 Å². The molecule has 3 aromatic rings. The first-order valence-corrected chi connectivity index (χ1v) is 8.02. The van der Waals surface area contributed by atoms with Crippen molar-refractivity contribution >= 4 is 11.6 Å². The van der Waals surface area contributed by atoms with Gasteiger partial charge in [-0.05, 0) is 36.2 Å². The Morgan fingerprint density at radius 2 is 1.92 bits per heavy atom. The molecule has 128 valence electrons.